The third kappa shape index (κ3) is 2.35. The van der Waals surface area contributed by atoms with Gasteiger partial charge in [-0.25, -0.2) is 0 Å². The van der Waals surface area contributed by atoms with Crippen LogP contribution in [0.3, 0.4) is 0 Å². The number of nitrogens with zero attached hydrogens (tertiary/aromatic N) is 1. The number of aromatic nitrogens is 1. The van der Waals surface area contributed by atoms with E-state index in [1.807, 2.05) is 19.2 Å². The zero-order valence-corrected chi connectivity index (χ0v) is 10.4. The molecular formula is C14H16ClN. The second kappa shape index (κ2) is 4.84. The van der Waals surface area contributed by atoms with Gasteiger partial charge in [0.15, 0.2) is 0 Å². The van der Waals surface area contributed by atoms with Gasteiger partial charge in [0.05, 0.1) is 5.52 Å². The molecule has 0 radical (unpaired) electrons. The summed E-state index contributed by atoms with van der Waals surface area (Å²) in [5.74, 6) is 0.450. The zero-order chi connectivity index (χ0) is 11.5. The molecule has 0 aliphatic carbocycles. The molecule has 2 rings (SSSR count). The first-order valence-electron chi connectivity index (χ1n) is 5.66. The number of pyridine rings is 1. The van der Waals surface area contributed by atoms with Crippen LogP contribution in [0.2, 0.25) is 0 Å². The fraction of sp³-hybridized carbons (Fsp3) is 0.357. The lowest BCUT2D eigenvalue weighted by atomic mass is 9.94. The third-order valence-corrected chi connectivity index (χ3v) is 3.05. The van der Waals surface area contributed by atoms with Crippen molar-refractivity contribution in [3.8, 4) is 0 Å². The van der Waals surface area contributed by atoms with E-state index in [1.165, 1.54) is 10.9 Å². The highest BCUT2D eigenvalue weighted by Gasteiger charge is 2.12. The smallest absolute Gasteiger partial charge is 0.0736 e. The van der Waals surface area contributed by atoms with Crippen molar-refractivity contribution in [1.29, 1.82) is 0 Å². The van der Waals surface area contributed by atoms with Gasteiger partial charge < -0.3 is 0 Å². The standard InChI is InChI=1S/C14H16ClN/c1-10(9-11(2)15)13-7-3-5-12-6-4-8-16-14(12)13/h3-8,10-11H,9H2,1-2H3. The molecule has 0 N–H and O–H groups in total. The third-order valence-electron chi connectivity index (χ3n) is 2.87. The molecule has 0 aliphatic heterocycles. The van der Waals surface area contributed by atoms with Crippen molar-refractivity contribution in [3.05, 3.63) is 42.1 Å². The Morgan fingerprint density at radius 2 is 1.94 bits per heavy atom. The normalized spacial score (nSPS) is 14.9. The van der Waals surface area contributed by atoms with Gasteiger partial charge in [0.1, 0.15) is 0 Å². The number of alkyl halides is 1. The van der Waals surface area contributed by atoms with Gasteiger partial charge in [0.2, 0.25) is 0 Å². The Labute approximate surface area is 101 Å². The summed E-state index contributed by atoms with van der Waals surface area (Å²) in [6.07, 6.45) is 2.83. The second-order valence-electron chi connectivity index (χ2n) is 4.34. The van der Waals surface area contributed by atoms with Gasteiger partial charge in [-0.3, -0.25) is 4.98 Å². The average Bonchev–Trinajstić information content (AvgIpc) is 2.27. The topological polar surface area (TPSA) is 12.9 Å². The van der Waals surface area contributed by atoms with Gasteiger partial charge in [-0.05, 0) is 30.9 Å². The molecule has 0 spiro atoms. The van der Waals surface area contributed by atoms with Gasteiger partial charge in [-0.2, -0.15) is 0 Å². The highest BCUT2D eigenvalue weighted by molar-refractivity contribution is 6.20. The van der Waals surface area contributed by atoms with Crippen LogP contribution in [-0.2, 0) is 0 Å². The first kappa shape index (κ1) is 11.4. The number of halogens is 1. The summed E-state index contributed by atoms with van der Waals surface area (Å²) in [4.78, 5) is 4.47. The molecule has 2 atom stereocenters. The average molecular weight is 234 g/mol. The number of benzene rings is 1. The molecule has 2 heteroatoms. The summed E-state index contributed by atoms with van der Waals surface area (Å²) in [6.45, 7) is 4.25. The van der Waals surface area contributed by atoms with E-state index in [-0.39, 0.29) is 5.38 Å². The van der Waals surface area contributed by atoms with E-state index in [4.69, 9.17) is 11.6 Å². The van der Waals surface area contributed by atoms with E-state index >= 15 is 0 Å². The molecule has 1 nitrogen and oxygen atoms in total. The van der Waals surface area contributed by atoms with Crippen molar-refractivity contribution in [2.75, 3.05) is 0 Å². The number of hydrogen-bond acceptors (Lipinski definition) is 1. The summed E-state index contributed by atoms with van der Waals surface area (Å²) in [7, 11) is 0. The molecule has 2 aromatic rings. The molecule has 0 bridgehead atoms. The maximum Gasteiger partial charge on any atom is 0.0736 e. The van der Waals surface area contributed by atoms with Crippen LogP contribution in [0.4, 0.5) is 0 Å². The minimum Gasteiger partial charge on any atom is -0.256 e. The number of hydrogen-bond donors (Lipinski definition) is 0. The number of rotatable bonds is 3. The summed E-state index contributed by atoms with van der Waals surface area (Å²) in [6, 6.07) is 10.4. The van der Waals surface area contributed by atoms with Crippen LogP contribution in [0, 0.1) is 0 Å². The Bertz CT molecular complexity index is 474. The quantitative estimate of drug-likeness (QED) is 0.718. The SMILES string of the molecule is CC(Cl)CC(C)c1cccc2cccnc12. The largest absolute Gasteiger partial charge is 0.256 e. The molecule has 2 unspecified atom stereocenters. The predicted molar refractivity (Wildman–Crippen MR) is 70.1 cm³/mol. The molecule has 1 aromatic carbocycles. The molecule has 16 heavy (non-hydrogen) atoms. The zero-order valence-electron chi connectivity index (χ0n) is 9.65. The maximum atomic E-state index is 6.05. The molecule has 1 aromatic heterocycles. The lowest BCUT2D eigenvalue weighted by molar-refractivity contribution is 0.674. The van der Waals surface area contributed by atoms with Crippen molar-refractivity contribution in [2.24, 2.45) is 0 Å². The first-order chi connectivity index (χ1) is 7.68. The molecule has 0 saturated heterocycles. The van der Waals surface area contributed by atoms with Gasteiger partial charge in [-0.1, -0.05) is 31.2 Å². The molecule has 0 amide bonds. The van der Waals surface area contributed by atoms with Gasteiger partial charge in [0.25, 0.3) is 0 Å². The van der Waals surface area contributed by atoms with Crippen LogP contribution in [0.25, 0.3) is 10.9 Å². The Balaban J connectivity index is 2.44. The summed E-state index contributed by atoms with van der Waals surface area (Å²) >= 11 is 6.05. The van der Waals surface area contributed by atoms with E-state index in [2.05, 4.69) is 36.2 Å². The van der Waals surface area contributed by atoms with E-state index in [9.17, 15) is 0 Å². The Morgan fingerprint density at radius 1 is 1.19 bits per heavy atom. The highest BCUT2D eigenvalue weighted by atomic mass is 35.5. The van der Waals surface area contributed by atoms with Gasteiger partial charge >= 0.3 is 0 Å². The van der Waals surface area contributed by atoms with Crippen molar-refractivity contribution in [1.82, 2.24) is 4.98 Å². The van der Waals surface area contributed by atoms with E-state index in [0.29, 0.717) is 5.92 Å². The highest BCUT2D eigenvalue weighted by Crippen LogP contribution is 2.27. The molecule has 0 fully saturated rings. The molecule has 1 heterocycles. The molecule has 0 aliphatic rings. The fourth-order valence-electron chi connectivity index (χ4n) is 2.14. The maximum absolute atomic E-state index is 6.05. The fourth-order valence-corrected chi connectivity index (χ4v) is 2.41. The number of para-hydroxylation sites is 1. The van der Waals surface area contributed by atoms with Crippen LogP contribution in [0.15, 0.2) is 36.5 Å². The van der Waals surface area contributed by atoms with Crippen LogP contribution >= 0.6 is 11.6 Å². The van der Waals surface area contributed by atoms with Crippen molar-refractivity contribution in [2.45, 2.75) is 31.6 Å². The van der Waals surface area contributed by atoms with Crippen LogP contribution in [0.5, 0.6) is 0 Å². The first-order valence-corrected chi connectivity index (χ1v) is 6.10. The van der Waals surface area contributed by atoms with Crippen molar-refractivity contribution in [3.63, 3.8) is 0 Å². The lowest BCUT2D eigenvalue weighted by Crippen LogP contribution is -2.02. The predicted octanol–water partition coefficient (Wildman–Crippen LogP) is 4.36. The van der Waals surface area contributed by atoms with E-state index < -0.39 is 0 Å². The Kier molecular flexibility index (Phi) is 3.45. The minimum atomic E-state index is 0.203. The summed E-state index contributed by atoms with van der Waals surface area (Å²) in [5, 5.41) is 1.41. The minimum absolute atomic E-state index is 0.203. The summed E-state index contributed by atoms with van der Waals surface area (Å²) < 4.78 is 0. The number of fused-ring (bicyclic) bond motifs is 1. The second-order valence-corrected chi connectivity index (χ2v) is 5.08. The molecule has 84 valence electrons. The van der Waals surface area contributed by atoms with Crippen LogP contribution in [-0.4, -0.2) is 10.4 Å². The Hall–Kier alpha value is -1.08. The van der Waals surface area contributed by atoms with E-state index in [1.54, 1.807) is 0 Å². The van der Waals surface area contributed by atoms with Gasteiger partial charge in [-0.15, -0.1) is 11.6 Å². The van der Waals surface area contributed by atoms with Gasteiger partial charge in [0, 0.05) is 17.0 Å². The molecule has 0 saturated carbocycles. The lowest BCUT2D eigenvalue weighted by Gasteiger charge is -2.14. The van der Waals surface area contributed by atoms with Crippen LogP contribution < -0.4 is 0 Å². The van der Waals surface area contributed by atoms with Crippen LogP contribution in [0.1, 0.15) is 31.7 Å². The Morgan fingerprint density at radius 3 is 2.69 bits per heavy atom. The van der Waals surface area contributed by atoms with Crippen molar-refractivity contribution < 1.29 is 0 Å². The van der Waals surface area contributed by atoms with Crippen molar-refractivity contribution >= 4 is 22.5 Å². The monoisotopic (exact) mass is 233 g/mol. The van der Waals surface area contributed by atoms with E-state index in [0.717, 1.165) is 11.9 Å². The summed E-state index contributed by atoms with van der Waals surface area (Å²) in [5.41, 5.74) is 2.40. The molecular weight excluding hydrogens is 218 g/mol.